The topological polar surface area (TPSA) is 33.6 Å². The van der Waals surface area contributed by atoms with Gasteiger partial charge in [0.1, 0.15) is 11.6 Å². The molecule has 0 saturated carbocycles. The molecule has 0 unspecified atom stereocenters. The minimum Gasteiger partial charge on any atom is -0.496 e. The molecule has 0 atom stereocenters. The zero-order chi connectivity index (χ0) is 16.5. The van der Waals surface area contributed by atoms with Crippen molar-refractivity contribution < 1.29 is 4.74 Å². The molecule has 23 heavy (non-hydrogen) atoms. The summed E-state index contributed by atoms with van der Waals surface area (Å²) >= 11 is 0. The summed E-state index contributed by atoms with van der Waals surface area (Å²) < 4.78 is 5.58. The van der Waals surface area contributed by atoms with Crippen LogP contribution in [0.25, 0.3) is 0 Å². The number of nitrogens with one attached hydrogen (secondary N) is 1. The number of hydrogen-bond acceptors (Lipinski definition) is 2. The van der Waals surface area contributed by atoms with Crippen LogP contribution in [0.2, 0.25) is 0 Å². The molecule has 1 N–H and O–H groups in total. The second kappa shape index (κ2) is 9.59. The number of nitrogens with zero attached hydrogens (tertiary/aromatic N) is 1. The van der Waals surface area contributed by atoms with Gasteiger partial charge in [-0.25, -0.2) is 0 Å². The number of fused-ring (bicyclic) bond motifs is 1. The van der Waals surface area contributed by atoms with E-state index in [0.717, 1.165) is 43.9 Å². The molecule has 0 aromatic heterocycles. The smallest absolute Gasteiger partial charge is 0.128 e. The number of amidine groups is 1. The van der Waals surface area contributed by atoms with Crippen LogP contribution < -0.4 is 10.1 Å². The lowest BCUT2D eigenvalue weighted by atomic mass is 9.87. The molecule has 2 rings (SSSR count). The minimum atomic E-state index is 0.908. The second-order valence-corrected chi connectivity index (χ2v) is 6.34. The van der Waals surface area contributed by atoms with Crippen LogP contribution in [-0.2, 0) is 12.8 Å². The standard InChI is InChI=1S/C20H32N2O/c1-4-6-14-21-20(22-15-7-5-2)18-12-13-19(23-3)17-11-9-8-10-16(17)18/h12-13H,4-11,14-15H2,1-3H3,(H,21,22). The Balaban J connectivity index is 2.31. The van der Waals surface area contributed by atoms with Crippen molar-refractivity contribution in [2.75, 3.05) is 20.2 Å². The lowest BCUT2D eigenvalue weighted by Crippen LogP contribution is -2.28. The highest BCUT2D eigenvalue weighted by Gasteiger charge is 2.20. The van der Waals surface area contributed by atoms with Gasteiger partial charge in [-0.3, -0.25) is 4.99 Å². The Kier molecular flexibility index (Phi) is 7.44. The number of aliphatic imine (C=N–C) groups is 1. The fourth-order valence-corrected chi connectivity index (χ4v) is 3.22. The summed E-state index contributed by atoms with van der Waals surface area (Å²) in [5, 5.41) is 3.59. The summed E-state index contributed by atoms with van der Waals surface area (Å²) in [5.41, 5.74) is 4.15. The Bertz CT molecular complexity index is 523. The first kappa shape index (κ1) is 17.8. The zero-order valence-corrected chi connectivity index (χ0v) is 15.1. The number of methoxy groups -OCH3 is 1. The SMILES string of the molecule is CCCCN=C(NCCCC)c1ccc(OC)c2c1CCCC2. The van der Waals surface area contributed by atoms with Gasteiger partial charge in [-0.05, 0) is 61.8 Å². The molecular weight excluding hydrogens is 284 g/mol. The third kappa shape index (κ3) is 4.73. The summed E-state index contributed by atoms with van der Waals surface area (Å²) in [6, 6.07) is 4.32. The molecular formula is C20H32N2O. The van der Waals surface area contributed by atoms with E-state index in [4.69, 9.17) is 9.73 Å². The molecule has 3 heteroatoms. The van der Waals surface area contributed by atoms with E-state index >= 15 is 0 Å². The molecule has 0 fully saturated rings. The Hall–Kier alpha value is -1.51. The van der Waals surface area contributed by atoms with Crippen molar-refractivity contribution in [3.8, 4) is 5.75 Å². The summed E-state index contributed by atoms with van der Waals surface area (Å²) in [6.07, 6.45) is 9.53. The van der Waals surface area contributed by atoms with Gasteiger partial charge >= 0.3 is 0 Å². The van der Waals surface area contributed by atoms with Crippen molar-refractivity contribution in [1.29, 1.82) is 0 Å². The van der Waals surface area contributed by atoms with E-state index in [1.54, 1.807) is 7.11 Å². The number of rotatable bonds is 8. The van der Waals surface area contributed by atoms with E-state index in [-0.39, 0.29) is 0 Å². The average Bonchev–Trinajstić information content (AvgIpc) is 2.60. The first-order chi connectivity index (χ1) is 11.3. The molecule has 1 aromatic rings. The molecule has 0 amide bonds. The number of ether oxygens (including phenoxy) is 1. The number of hydrogen-bond donors (Lipinski definition) is 1. The van der Waals surface area contributed by atoms with Gasteiger partial charge < -0.3 is 10.1 Å². The molecule has 0 saturated heterocycles. The molecule has 0 heterocycles. The number of benzene rings is 1. The van der Waals surface area contributed by atoms with E-state index in [2.05, 4.69) is 31.3 Å². The van der Waals surface area contributed by atoms with Crippen LogP contribution in [0.4, 0.5) is 0 Å². The fourth-order valence-electron chi connectivity index (χ4n) is 3.22. The van der Waals surface area contributed by atoms with Gasteiger partial charge in [-0.1, -0.05) is 26.7 Å². The third-order valence-electron chi connectivity index (χ3n) is 4.57. The molecule has 0 spiro atoms. The minimum absolute atomic E-state index is 0.908. The molecule has 0 aliphatic heterocycles. The molecule has 1 aliphatic rings. The van der Waals surface area contributed by atoms with Crippen molar-refractivity contribution in [2.24, 2.45) is 4.99 Å². The Labute approximate surface area is 141 Å². The maximum Gasteiger partial charge on any atom is 0.128 e. The largest absolute Gasteiger partial charge is 0.496 e. The Morgan fingerprint density at radius 1 is 1.09 bits per heavy atom. The molecule has 3 nitrogen and oxygen atoms in total. The van der Waals surface area contributed by atoms with Crippen LogP contribution in [0.1, 0.15) is 69.1 Å². The van der Waals surface area contributed by atoms with Crippen LogP contribution in [-0.4, -0.2) is 26.0 Å². The maximum atomic E-state index is 5.58. The van der Waals surface area contributed by atoms with E-state index in [9.17, 15) is 0 Å². The van der Waals surface area contributed by atoms with E-state index < -0.39 is 0 Å². The molecule has 128 valence electrons. The molecule has 0 bridgehead atoms. The predicted molar refractivity (Wildman–Crippen MR) is 98.9 cm³/mol. The van der Waals surface area contributed by atoms with E-state index in [1.165, 1.54) is 48.8 Å². The second-order valence-electron chi connectivity index (χ2n) is 6.34. The Morgan fingerprint density at radius 3 is 2.52 bits per heavy atom. The van der Waals surface area contributed by atoms with Crippen LogP contribution in [0.3, 0.4) is 0 Å². The summed E-state index contributed by atoms with van der Waals surface area (Å²) in [6.45, 7) is 6.35. The highest BCUT2D eigenvalue weighted by Crippen LogP contribution is 2.32. The van der Waals surface area contributed by atoms with Gasteiger partial charge in [-0.2, -0.15) is 0 Å². The first-order valence-electron chi connectivity index (χ1n) is 9.29. The van der Waals surface area contributed by atoms with E-state index in [0.29, 0.717) is 0 Å². The molecule has 1 aromatic carbocycles. The van der Waals surface area contributed by atoms with Gasteiger partial charge in [0.15, 0.2) is 0 Å². The summed E-state index contributed by atoms with van der Waals surface area (Å²) in [5.74, 6) is 2.14. The predicted octanol–water partition coefficient (Wildman–Crippen LogP) is 4.51. The average molecular weight is 316 g/mol. The first-order valence-corrected chi connectivity index (χ1v) is 9.29. The van der Waals surface area contributed by atoms with Gasteiger partial charge in [0.25, 0.3) is 0 Å². The van der Waals surface area contributed by atoms with Crippen molar-refractivity contribution in [3.63, 3.8) is 0 Å². The quantitative estimate of drug-likeness (QED) is 0.435. The van der Waals surface area contributed by atoms with Crippen molar-refractivity contribution in [2.45, 2.75) is 65.2 Å². The lowest BCUT2D eigenvalue weighted by Gasteiger charge is -2.23. The summed E-state index contributed by atoms with van der Waals surface area (Å²) in [7, 11) is 1.78. The molecule has 0 radical (unpaired) electrons. The maximum absolute atomic E-state index is 5.58. The number of unbranched alkanes of at least 4 members (excludes halogenated alkanes) is 2. The normalized spacial score (nSPS) is 14.5. The van der Waals surface area contributed by atoms with Crippen LogP contribution in [0.5, 0.6) is 5.75 Å². The van der Waals surface area contributed by atoms with Gasteiger partial charge in [0, 0.05) is 18.7 Å². The van der Waals surface area contributed by atoms with Crippen LogP contribution in [0.15, 0.2) is 17.1 Å². The Morgan fingerprint density at radius 2 is 1.83 bits per heavy atom. The van der Waals surface area contributed by atoms with Gasteiger partial charge in [0.2, 0.25) is 0 Å². The zero-order valence-electron chi connectivity index (χ0n) is 15.1. The van der Waals surface area contributed by atoms with Gasteiger partial charge in [-0.15, -0.1) is 0 Å². The highest BCUT2D eigenvalue weighted by atomic mass is 16.5. The molecule has 1 aliphatic carbocycles. The highest BCUT2D eigenvalue weighted by molar-refractivity contribution is 6.00. The van der Waals surface area contributed by atoms with Crippen molar-refractivity contribution in [3.05, 3.63) is 28.8 Å². The fraction of sp³-hybridized carbons (Fsp3) is 0.650. The lowest BCUT2D eigenvalue weighted by molar-refractivity contribution is 0.406. The van der Waals surface area contributed by atoms with Crippen LogP contribution >= 0.6 is 0 Å². The monoisotopic (exact) mass is 316 g/mol. The van der Waals surface area contributed by atoms with Crippen molar-refractivity contribution >= 4 is 5.84 Å². The summed E-state index contributed by atoms with van der Waals surface area (Å²) in [4.78, 5) is 4.88. The van der Waals surface area contributed by atoms with Gasteiger partial charge in [0.05, 0.1) is 7.11 Å². The third-order valence-corrected chi connectivity index (χ3v) is 4.57. The van der Waals surface area contributed by atoms with Crippen molar-refractivity contribution in [1.82, 2.24) is 5.32 Å². The van der Waals surface area contributed by atoms with Crippen LogP contribution in [0, 0.1) is 0 Å². The van der Waals surface area contributed by atoms with E-state index in [1.807, 2.05) is 0 Å².